The van der Waals surface area contributed by atoms with Crippen LogP contribution in [0.25, 0.3) is 26.1 Å². The molecule has 0 N–H and O–H groups in total. The number of hydrogen-bond acceptors (Lipinski definition) is 5. The molecule has 0 bridgehead atoms. The average Bonchev–Trinajstić information content (AvgIpc) is 3.10. The Morgan fingerprint density at radius 1 is 1.21 bits per heavy atom. The maximum Gasteiger partial charge on any atom is 0.322 e. The number of halogens is 1. The highest BCUT2D eigenvalue weighted by Crippen LogP contribution is 2.45. The van der Waals surface area contributed by atoms with Crippen LogP contribution in [-0.4, -0.2) is 20.7 Å². The third kappa shape index (κ3) is 4.60. The SMILES string of the molecule is [C-]#[N+]c1ccc(-c2c(SC(C)(C)C(=O)OC(C)(C)C)cc(F)c3cnsc23)cc1. The number of hydrogen-bond donors (Lipinski definition) is 0. The molecule has 2 aromatic carbocycles. The van der Waals surface area contributed by atoms with Crippen LogP contribution in [0.2, 0.25) is 0 Å². The zero-order valence-electron chi connectivity index (χ0n) is 16.9. The summed E-state index contributed by atoms with van der Waals surface area (Å²) < 4.78 is 24.2. The van der Waals surface area contributed by atoms with E-state index in [2.05, 4.69) is 9.22 Å². The van der Waals surface area contributed by atoms with Crippen molar-refractivity contribution >= 4 is 45.0 Å². The smallest absolute Gasteiger partial charge is 0.322 e. The first-order chi connectivity index (χ1) is 13.5. The van der Waals surface area contributed by atoms with Crippen LogP contribution in [-0.2, 0) is 9.53 Å². The summed E-state index contributed by atoms with van der Waals surface area (Å²) in [5.74, 6) is -0.744. The fourth-order valence-corrected chi connectivity index (χ4v) is 4.80. The zero-order valence-corrected chi connectivity index (χ0v) is 18.5. The van der Waals surface area contributed by atoms with Gasteiger partial charge in [-0.05, 0) is 57.8 Å². The first-order valence-corrected chi connectivity index (χ1v) is 10.6. The average molecular weight is 429 g/mol. The summed E-state index contributed by atoms with van der Waals surface area (Å²) in [6, 6.07) is 8.58. The van der Waals surface area contributed by atoms with Crippen LogP contribution in [0.15, 0.2) is 41.4 Å². The molecule has 0 amide bonds. The lowest BCUT2D eigenvalue weighted by Gasteiger charge is -2.28. The van der Waals surface area contributed by atoms with Gasteiger partial charge in [0.2, 0.25) is 0 Å². The van der Waals surface area contributed by atoms with Crippen molar-refractivity contribution in [1.82, 2.24) is 4.37 Å². The summed E-state index contributed by atoms with van der Waals surface area (Å²) in [5.41, 5.74) is 1.57. The fourth-order valence-electron chi connectivity index (χ4n) is 2.74. The van der Waals surface area contributed by atoms with Gasteiger partial charge in [0, 0.05) is 15.8 Å². The summed E-state index contributed by atoms with van der Waals surface area (Å²) in [4.78, 5) is 16.8. The Hall–Kier alpha value is -2.43. The molecular formula is C22H21FN2O2S2. The molecule has 150 valence electrons. The van der Waals surface area contributed by atoms with Gasteiger partial charge in [-0.3, -0.25) is 4.79 Å². The van der Waals surface area contributed by atoms with Crippen molar-refractivity contribution in [2.75, 3.05) is 0 Å². The molecule has 0 fully saturated rings. The Balaban J connectivity index is 2.12. The second-order valence-corrected chi connectivity index (χ2v) is 10.5. The Morgan fingerprint density at radius 3 is 2.45 bits per heavy atom. The van der Waals surface area contributed by atoms with Crippen LogP contribution >= 0.6 is 23.3 Å². The molecule has 0 spiro atoms. The normalized spacial score (nSPS) is 12.0. The molecule has 0 saturated heterocycles. The number of carbonyl (C=O) groups is 1. The first-order valence-electron chi connectivity index (χ1n) is 8.99. The van der Waals surface area contributed by atoms with E-state index in [0.717, 1.165) is 11.1 Å². The van der Waals surface area contributed by atoms with E-state index in [1.165, 1.54) is 35.6 Å². The molecule has 0 saturated carbocycles. The van der Waals surface area contributed by atoms with E-state index in [1.807, 2.05) is 32.9 Å². The molecule has 3 rings (SSSR count). The fraction of sp³-hybridized carbons (Fsp3) is 0.318. The van der Waals surface area contributed by atoms with Crippen LogP contribution in [0.3, 0.4) is 0 Å². The van der Waals surface area contributed by atoms with Gasteiger partial charge in [0.15, 0.2) is 5.69 Å². The van der Waals surface area contributed by atoms with E-state index in [9.17, 15) is 9.18 Å². The van der Waals surface area contributed by atoms with Crippen molar-refractivity contribution in [3.05, 3.63) is 53.8 Å². The summed E-state index contributed by atoms with van der Waals surface area (Å²) in [6.45, 7) is 16.1. The van der Waals surface area contributed by atoms with E-state index in [-0.39, 0.29) is 11.8 Å². The number of aromatic nitrogens is 1. The van der Waals surface area contributed by atoms with E-state index in [4.69, 9.17) is 11.3 Å². The standard InChI is InChI=1S/C22H21FN2O2S2/c1-21(2,3)27-20(26)22(4,5)28-17-11-16(23)15-12-25-29-19(15)18(17)13-7-9-14(24-6)10-8-13/h7-12H,1-5H3. The number of ether oxygens (including phenoxy) is 1. The van der Waals surface area contributed by atoms with Gasteiger partial charge >= 0.3 is 5.97 Å². The molecule has 0 aliphatic heterocycles. The van der Waals surface area contributed by atoms with Gasteiger partial charge in [0.25, 0.3) is 0 Å². The molecule has 7 heteroatoms. The Morgan fingerprint density at radius 2 is 1.86 bits per heavy atom. The highest BCUT2D eigenvalue weighted by Gasteiger charge is 2.35. The lowest BCUT2D eigenvalue weighted by molar-refractivity contribution is -0.156. The minimum Gasteiger partial charge on any atom is -0.459 e. The largest absolute Gasteiger partial charge is 0.459 e. The van der Waals surface area contributed by atoms with Gasteiger partial charge in [0.05, 0.1) is 17.5 Å². The lowest BCUT2D eigenvalue weighted by Crippen LogP contribution is -2.36. The van der Waals surface area contributed by atoms with Gasteiger partial charge in [-0.1, -0.05) is 24.3 Å². The number of thioether (sulfide) groups is 1. The molecule has 0 atom stereocenters. The minimum absolute atomic E-state index is 0.367. The molecule has 0 unspecified atom stereocenters. The maximum atomic E-state index is 14.7. The van der Waals surface area contributed by atoms with Crippen LogP contribution < -0.4 is 0 Å². The third-order valence-electron chi connectivity index (χ3n) is 4.10. The van der Waals surface area contributed by atoms with Crippen molar-refractivity contribution in [2.45, 2.75) is 49.9 Å². The number of esters is 1. The third-order valence-corrected chi connectivity index (χ3v) is 6.14. The summed E-state index contributed by atoms with van der Waals surface area (Å²) in [7, 11) is 0. The predicted molar refractivity (Wildman–Crippen MR) is 117 cm³/mol. The molecule has 1 aromatic heterocycles. The van der Waals surface area contributed by atoms with Crippen molar-refractivity contribution in [1.29, 1.82) is 0 Å². The van der Waals surface area contributed by atoms with Crippen LogP contribution in [0, 0.1) is 12.4 Å². The van der Waals surface area contributed by atoms with Crippen molar-refractivity contribution in [3.8, 4) is 11.1 Å². The maximum absolute atomic E-state index is 14.7. The molecule has 1 heterocycles. The van der Waals surface area contributed by atoms with Crippen LogP contribution in [0.1, 0.15) is 34.6 Å². The molecular weight excluding hydrogens is 407 g/mol. The van der Waals surface area contributed by atoms with Gasteiger partial charge in [-0.25, -0.2) is 9.24 Å². The van der Waals surface area contributed by atoms with E-state index in [1.54, 1.807) is 26.0 Å². The summed E-state index contributed by atoms with van der Waals surface area (Å²) in [5, 5.41) is 0.443. The monoisotopic (exact) mass is 428 g/mol. The number of nitrogens with zero attached hydrogens (tertiary/aromatic N) is 2. The lowest BCUT2D eigenvalue weighted by atomic mass is 10.0. The van der Waals surface area contributed by atoms with Crippen molar-refractivity contribution < 1.29 is 13.9 Å². The molecule has 0 aliphatic rings. The van der Waals surface area contributed by atoms with Crippen LogP contribution in [0.5, 0.6) is 0 Å². The van der Waals surface area contributed by atoms with E-state index < -0.39 is 10.3 Å². The second kappa shape index (κ2) is 7.77. The minimum atomic E-state index is -0.927. The van der Waals surface area contributed by atoms with Gasteiger partial charge in [-0.2, -0.15) is 4.37 Å². The van der Waals surface area contributed by atoms with Crippen LogP contribution in [0.4, 0.5) is 10.1 Å². The summed E-state index contributed by atoms with van der Waals surface area (Å²) >= 11 is 2.47. The van der Waals surface area contributed by atoms with Crippen molar-refractivity contribution in [3.63, 3.8) is 0 Å². The molecule has 3 aromatic rings. The molecule has 29 heavy (non-hydrogen) atoms. The first kappa shape index (κ1) is 21.3. The number of fused-ring (bicyclic) bond motifs is 1. The predicted octanol–water partition coefficient (Wildman–Crippen LogP) is 6.87. The Kier molecular flexibility index (Phi) is 5.70. The Labute approximate surface area is 178 Å². The Bertz CT molecular complexity index is 1110. The zero-order chi connectivity index (χ0) is 21.4. The van der Waals surface area contributed by atoms with Crippen molar-refractivity contribution in [2.24, 2.45) is 0 Å². The summed E-state index contributed by atoms with van der Waals surface area (Å²) in [6.07, 6.45) is 1.51. The second-order valence-electron chi connectivity index (χ2n) is 8.07. The van der Waals surface area contributed by atoms with Gasteiger partial charge in [0.1, 0.15) is 16.2 Å². The number of benzene rings is 2. The highest BCUT2D eigenvalue weighted by atomic mass is 32.2. The topological polar surface area (TPSA) is 43.5 Å². The highest BCUT2D eigenvalue weighted by molar-refractivity contribution is 8.01. The quantitative estimate of drug-likeness (QED) is 0.258. The number of rotatable bonds is 4. The van der Waals surface area contributed by atoms with E-state index >= 15 is 0 Å². The molecule has 0 radical (unpaired) electrons. The number of carbonyl (C=O) groups excluding carboxylic acids is 1. The van der Waals surface area contributed by atoms with Gasteiger partial charge in [-0.15, -0.1) is 11.8 Å². The van der Waals surface area contributed by atoms with E-state index in [0.29, 0.717) is 20.7 Å². The molecule has 0 aliphatic carbocycles. The molecule has 4 nitrogen and oxygen atoms in total. The van der Waals surface area contributed by atoms with Gasteiger partial charge < -0.3 is 4.74 Å².